The summed E-state index contributed by atoms with van der Waals surface area (Å²) >= 11 is 8.96. The first-order chi connectivity index (χ1) is 69.3. The highest BCUT2D eigenvalue weighted by Crippen LogP contribution is 2.35. The van der Waals surface area contributed by atoms with E-state index in [1.165, 1.54) is 59.7 Å². The number of nitrogens with one attached hydrogen (secondary N) is 1. The molecule has 0 radical (unpaired) electrons. The molecule has 0 spiro atoms. The number of benzene rings is 6. The Hall–Kier alpha value is -13.8. The molecule has 0 fully saturated rings. The van der Waals surface area contributed by atoms with Gasteiger partial charge in [-0.25, -0.2) is 49.8 Å². The van der Waals surface area contributed by atoms with Gasteiger partial charge in [-0.15, -0.1) is 56.7 Å². The van der Waals surface area contributed by atoms with Crippen LogP contribution in [0.15, 0.2) is 302 Å². The van der Waals surface area contributed by atoms with Gasteiger partial charge in [0.15, 0.2) is 45.7 Å². The number of H-pyrrole nitrogens is 1. The van der Waals surface area contributed by atoms with Gasteiger partial charge < -0.3 is 27.1 Å². The van der Waals surface area contributed by atoms with Crippen molar-refractivity contribution < 1.29 is 22.1 Å². The van der Waals surface area contributed by atoms with Crippen LogP contribution in [0.3, 0.4) is 0 Å². The Morgan fingerprint density at radius 1 is 0.269 bits per heavy atom. The van der Waals surface area contributed by atoms with E-state index in [1.807, 2.05) is 189 Å². The van der Waals surface area contributed by atoms with E-state index in [0.717, 1.165) is 123 Å². The molecule has 0 atom stereocenters. The Morgan fingerprint density at radius 3 is 1.26 bits per heavy atom. The van der Waals surface area contributed by atoms with E-state index in [0.29, 0.717) is 76.8 Å². The number of aromatic amines is 1. The third kappa shape index (κ3) is 31.1. The number of furan rings is 2. The second kappa shape index (κ2) is 53.1. The Balaban J connectivity index is 0.000000141. The minimum absolute atomic E-state index is 0. The van der Waals surface area contributed by atoms with E-state index in [1.54, 1.807) is 87.3 Å². The third-order valence-corrected chi connectivity index (χ3v) is 28.6. The van der Waals surface area contributed by atoms with Gasteiger partial charge in [0, 0.05) is 127 Å². The van der Waals surface area contributed by atoms with Crippen LogP contribution in [0.1, 0.15) is 305 Å². The van der Waals surface area contributed by atoms with Gasteiger partial charge in [-0.2, -0.15) is 20.0 Å². The fourth-order valence-corrected chi connectivity index (χ4v) is 18.6. The fraction of sp³-hybridized carbons (Fsp3) is 0.314. The number of fused-ring (bicyclic) bond motifs is 12. The van der Waals surface area contributed by atoms with Crippen molar-refractivity contribution in [1.82, 2.24) is 84.8 Å². The number of oxazole rings is 3. The van der Waals surface area contributed by atoms with E-state index in [9.17, 15) is 0 Å². The van der Waals surface area contributed by atoms with Crippen LogP contribution in [0, 0.1) is 0 Å². The molecule has 0 saturated heterocycles. The smallest absolute Gasteiger partial charge is 0.226 e. The van der Waals surface area contributed by atoms with Gasteiger partial charge >= 0.3 is 0 Å². The maximum atomic E-state index is 5.63. The maximum absolute atomic E-state index is 5.63. The summed E-state index contributed by atoms with van der Waals surface area (Å²) in [6, 6.07) is 77.4. The van der Waals surface area contributed by atoms with E-state index in [-0.39, 0.29) is 7.43 Å². The molecule has 0 aliphatic carbocycles. The monoisotopic (exact) mass is 2030 g/mol. The van der Waals surface area contributed by atoms with Crippen molar-refractivity contribution >= 4 is 185 Å². The summed E-state index contributed by atoms with van der Waals surface area (Å²) in [6.07, 6.45) is 14.2. The quantitative estimate of drug-likeness (QED) is 0.119. The number of hydrogen-bond acceptors (Lipinski definition) is 25. The highest BCUT2D eigenvalue weighted by atomic mass is 32.1. The second-order valence-corrected chi connectivity index (χ2v) is 43.4. The molecule has 0 bridgehead atoms. The number of nitrogens with zero attached hydrogens (tertiary/aromatic N) is 16. The lowest BCUT2D eigenvalue weighted by Crippen LogP contribution is -2.03. The van der Waals surface area contributed by atoms with Gasteiger partial charge in [-0.1, -0.05) is 251 Å². The highest BCUT2D eigenvalue weighted by Gasteiger charge is 2.17. The van der Waals surface area contributed by atoms with Crippen molar-refractivity contribution in [2.24, 2.45) is 0 Å². The van der Waals surface area contributed by atoms with Crippen LogP contribution in [-0.2, 0) is 0 Å². The number of pyridine rings is 6. The van der Waals surface area contributed by atoms with Crippen molar-refractivity contribution in [1.29, 1.82) is 0 Å². The van der Waals surface area contributed by atoms with Crippen molar-refractivity contribution in [3.63, 3.8) is 0 Å². The molecule has 27 heteroatoms. The molecule has 18 aromatic heterocycles. The summed E-state index contributed by atoms with van der Waals surface area (Å²) < 4.78 is 32.6. The first kappa shape index (κ1) is 110. The average molecular weight is 2030 g/mol. The molecule has 18 heterocycles. The van der Waals surface area contributed by atoms with Crippen LogP contribution in [0.4, 0.5) is 0 Å². The van der Waals surface area contributed by atoms with Crippen molar-refractivity contribution in [2.45, 2.75) is 245 Å². The summed E-state index contributed by atoms with van der Waals surface area (Å²) in [6.45, 7) is 51.1. The topological polar surface area (TPSA) is 280 Å². The number of imidazole rings is 1. The molecule has 24 aromatic rings. The van der Waals surface area contributed by atoms with E-state index < -0.39 is 0 Å². The van der Waals surface area contributed by atoms with Gasteiger partial charge in [0.05, 0.1) is 63.4 Å². The number of rotatable bonds is 12. The molecule has 752 valence electrons. The van der Waals surface area contributed by atoms with Crippen LogP contribution < -0.4 is 0 Å². The molecule has 0 aliphatic rings. The highest BCUT2D eigenvalue weighted by molar-refractivity contribution is 7.20. The summed E-state index contributed by atoms with van der Waals surface area (Å²) in [7, 11) is 0. The summed E-state index contributed by atoms with van der Waals surface area (Å²) in [4.78, 5) is 64.6. The van der Waals surface area contributed by atoms with Crippen molar-refractivity contribution in [3.8, 4) is 0 Å². The Bertz CT molecular complexity index is 5970. The zero-order valence-corrected chi connectivity index (χ0v) is 90.8. The second-order valence-electron chi connectivity index (χ2n) is 38.0. The Kier molecular flexibility index (Phi) is 40.3. The minimum atomic E-state index is 0. The molecule has 0 saturated carbocycles. The molecule has 22 nitrogen and oxygen atoms in total. The van der Waals surface area contributed by atoms with Crippen LogP contribution >= 0.6 is 56.7 Å². The van der Waals surface area contributed by atoms with Crippen LogP contribution in [0.25, 0.3) is 129 Å². The van der Waals surface area contributed by atoms with Gasteiger partial charge in [-0.3, -0.25) is 9.97 Å². The molecular weight excluding hydrogens is 1900 g/mol. The SMILES string of the molecule is C.CC(C)c1cc2ccccc2o1.CC(C)c1cc2ccccc2s1.CC(C)c1cc2cccnc2o1.CC(C)c1cc2cccnc2s1.CC(C)c1nc2ccccc2[nH]1.CC(C)c1nc2ccccc2o1.CC(C)c1nc2ccccc2s1.CC(C)c1nc2ccncc2o1.CC(C)c1nc2ccncc2s1.CC(C)c1nc2ncccc2o1.CC(C)c1nc2ncccc2s1.CC(C)n1nc2ccccc2n1. The van der Waals surface area contributed by atoms with Gasteiger partial charge in [-0.05, 0) is 171 Å². The fourth-order valence-electron chi connectivity index (χ4n) is 13.7. The number of aromatic nitrogens is 17. The predicted molar refractivity (Wildman–Crippen MR) is 609 cm³/mol. The molecular formula is C118H135N17O5S5. The Labute approximate surface area is 870 Å². The van der Waals surface area contributed by atoms with Gasteiger partial charge in [0.25, 0.3) is 0 Å². The number of para-hydroxylation sites is 6. The standard InChI is InChI=1S/C11H12O.C11H12S.C10H12N2.2C10H11NO.2C10H11NS.C9H11N3.2C9H10N2O.2C9H10N2S.CH4/c2*1-8(2)11-7-9-5-3-4-6-10(9)12-11;1-7(2)10-11-8-5-3-4-6-9(8)12-10;1-7(2)9-6-8-4-3-5-11-10(8)12-9;1-7(2)10-11-8-5-3-4-6-9(8)12-10;1-7(2)9-6-8-4-3-5-11-10(8)12-9;1-7(2)10-11-8-5-3-4-6-9(8)12-10;1-7(2)12-10-8-5-3-4-6-9(8)11-12;1-6(2)9-11-7-3-4-10-5-8(7)12-9;1-6(2)9-11-8-7(12-9)4-3-5-10-8;1-6(2)9-11-7-3-4-10-5-8(7)12-9;1-6(2)9-11-8-7(12-9)4-3-5-10-8;/h2*3-8H,1-2H3;3-7H,1-2H3,(H,11,12);5*3-7H,1-2H3;4*3-6H,1-2H3;1H4. The van der Waals surface area contributed by atoms with Crippen LogP contribution in [0.2, 0.25) is 0 Å². The third-order valence-electron chi connectivity index (χ3n) is 21.9. The molecule has 0 unspecified atom stereocenters. The van der Waals surface area contributed by atoms with E-state index >= 15 is 0 Å². The van der Waals surface area contributed by atoms with Crippen molar-refractivity contribution in [2.75, 3.05) is 0 Å². The summed E-state index contributed by atoms with van der Waals surface area (Å²) in [5.41, 5.74) is 13.8. The number of hydrogen-bond donors (Lipinski definition) is 1. The normalized spacial score (nSPS) is 11.2. The average Bonchev–Trinajstić information content (AvgIpc) is 1.78. The predicted octanol–water partition coefficient (Wildman–Crippen LogP) is 36.0. The van der Waals surface area contributed by atoms with Gasteiger partial charge in [0.1, 0.15) is 49.8 Å². The summed E-state index contributed by atoms with van der Waals surface area (Å²) in [5, 5.41) is 17.2. The lowest BCUT2D eigenvalue weighted by atomic mass is 10.1. The lowest BCUT2D eigenvalue weighted by molar-refractivity contribution is 0.472. The zero-order valence-electron chi connectivity index (χ0n) is 86.7. The largest absolute Gasteiger partial charge is 0.461 e. The van der Waals surface area contributed by atoms with Crippen LogP contribution in [0.5, 0.6) is 0 Å². The Morgan fingerprint density at radius 2 is 0.710 bits per heavy atom. The number of thiazole rings is 3. The van der Waals surface area contributed by atoms with E-state index in [4.69, 9.17) is 22.1 Å². The van der Waals surface area contributed by atoms with Gasteiger partial charge in [0.2, 0.25) is 5.71 Å². The molecule has 0 amide bonds. The maximum Gasteiger partial charge on any atom is 0.226 e. The molecule has 0 aliphatic heterocycles. The lowest BCUT2D eigenvalue weighted by Gasteiger charge is -1.99. The van der Waals surface area contributed by atoms with Crippen molar-refractivity contribution in [3.05, 3.63) is 340 Å². The molecule has 1 N–H and O–H groups in total. The first-order valence-electron chi connectivity index (χ1n) is 49.2. The van der Waals surface area contributed by atoms with Crippen LogP contribution in [-0.4, -0.2) is 84.8 Å². The molecule has 145 heavy (non-hydrogen) atoms. The first-order valence-corrected chi connectivity index (χ1v) is 53.3. The molecule has 6 aromatic carbocycles. The molecule has 24 rings (SSSR count). The minimum Gasteiger partial charge on any atom is -0.461 e. The van der Waals surface area contributed by atoms with E-state index in [2.05, 4.69) is 311 Å². The zero-order chi connectivity index (χ0) is 103. The summed E-state index contributed by atoms with van der Waals surface area (Å²) in [5.74, 6) is 10.7. The number of thiophene rings is 2.